The van der Waals surface area contributed by atoms with Gasteiger partial charge in [0.05, 0.1) is 0 Å². The van der Waals surface area contributed by atoms with E-state index < -0.39 is 0 Å². The lowest BCUT2D eigenvalue weighted by atomic mass is 9.88. The monoisotopic (exact) mass is 143 g/mol. The minimum Gasteiger partial charge on any atom is -0.0832 e. The number of hydrogen-bond donors (Lipinski definition) is 0. The van der Waals surface area contributed by atoms with Crippen LogP contribution in [-0.4, -0.2) is 0 Å². The van der Waals surface area contributed by atoms with E-state index in [9.17, 15) is 0 Å². The van der Waals surface area contributed by atoms with Crippen LogP contribution in [0, 0.1) is 13.3 Å². The second kappa shape index (κ2) is 2.54. The number of hydrogen-bond acceptors (Lipinski definition) is 0. The van der Waals surface area contributed by atoms with Crippen molar-refractivity contribution in [3.8, 4) is 0 Å². The van der Waals surface area contributed by atoms with Gasteiger partial charge in [0.25, 0.3) is 0 Å². The Bertz CT molecular complexity index is 267. The molecule has 0 aliphatic heterocycles. The Labute approximate surface area is 67.6 Å². The van der Waals surface area contributed by atoms with E-state index >= 15 is 0 Å². The van der Waals surface area contributed by atoms with Crippen molar-refractivity contribution in [3.05, 3.63) is 54.0 Å². The Hall–Kier alpha value is -1.04. The van der Waals surface area contributed by atoms with Crippen molar-refractivity contribution in [2.45, 2.75) is 12.8 Å². The molecule has 1 aliphatic rings. The van der Waals surface area contributed by atoms with Gasteiger partial charge in [0, 0.05) is 5.92 Å². The normalized spacial score (nSPS) is 21.4. The molecule has 55 valence electrons. The van der Waals surface area contributed by atoms with Crippen LogP contribution in [0.1, 0.15) is 17.0 Å². The lowest BCUT2D eigenvalue weighted by Crippen LogP contribution is -2.01. The minimum absolute atomic E-state index is 0.579. The van der Waals surface area contributed by atoms with Gasteiger partial charge in [-0.1, -0.05) is 42.0 Å². The molecular formula is C11H11. The predicted molar refractivity (Wildman–Crippen MR) is 47.4 cm³/mol. The van der Waals surface area contributed by atoms with Crippen LogP contribution in [0.4, 0.5) is 0 Å². The van der Waals surface area contributed by atoms with Crippen molar-refractivity contribution >= 4 is 0 Å². The van der Waals surface area contributed by atoms with Gasteiger partial charge in [-0.15, -0.1) is 0 Å². The van der Waals surface area contributed by atoms with Gasteiger partial charge in [-0.3, -0.25) is 0 Å². The zero-order valence-corrected chi connectivity index (χ0v) is 6.62. The van der Waals surface area contributed by atoms with Crippen molar-refractivity contribution in [2.75, 3.05) is 0 Å². The molecule has 2 rings (SSSR count). The molecule has 1 aliphatic carbocycles. The number of rotatable bonds is 1. The van der Waals surface area contributed by atoms with Crippen LogP contribution in [0.25, 0.3) is 0 Å². The Morgan fingerprint density at radius 2 is 1.73 bits per heavy atom. The van der Waals surface area contributed by atoms with E-state index in [0.717, 1.165) is 0 Å². The number of allylic oxidation sites excluding steroid dienone is 2. The first-order chi connectivity index (χ1) is 5.36. The van der Waals surface area contributed by atoms with Gasteiger partial charge in [0.15, 0.2) is 0 Å². The molecule has 0 heterocycles. The highest BCUT2D eigenvalue weighted by Crippen LogP contribution is 2.27. The average Bonchev–Trinajstić information content (AvgIpc) is 1.90. The smallest absolute Gasteiger partial charge is 0.00868 e. The molecule has 0 nitrogen and oxygen atoms in total. The van der Waals surface area contributed by atoms with E-state index in [-0.39, 0.29) is 0 Å². The molecule has 0 spiro atoms. The van der Waals surface area contributed by atoms with E-state index in [4.69, 9.17) is 0 Å². The average molecular weight is 143 g/mol. The molecule has 0 heteroatoms. The van der Waals surface area contributed by atoms with Crippen LogP contribution >= 0.6 is 0 Å². The maximum absolute atomic E-state index is 2.21. The van der Waals surface area contributed by atoms with Gasteiger partial charge in [-0.25, -0.2) is 0 Å². The molecule has 11 heavy (non-hydrogen) atoms. The summed E-state index contributed by atoms with van der Waals surface area (Å²) >= 11 is 0. The molecule has 1 unspecified atom stereocenters. The quantitative estimate of drug-likeness (QED) is 0.567. The van der Waals surface area contributed by atoms with E-state index in [2.05, 4.69) is 49.8 Å². The maximum Gasteiger partial charge on any atom is 0.00868 e. The Balaban J connectivity index is 2.26. The zero-order valence-electron chi connectivity index (χ0n) is 6.62. The van der Waals surface area contributed by atoms with Gasteiger partial charge >= 0.3 is 0 Å². The summed E-state index contributed by atoms with van der Waals surface area (Å²) in [6.45, 7) is 2.12. The second-order valence-electron chi connectivity index (χ2n) is 3.01. The van der Waals surface area contributed by atoms with E-state index in [1.165, 1.54) is 11.1 Å². The highest BCUT2D eigenvalue weighted by molar-refractivity contribution is 5.37. The summed E-state index contributed by atoms with van der Waals surface area (Å²) in [5, 5.41) is 0. The molecule has 0 fully saturated rings. The molecule has 1 aromatic carbocycles. The van der Waals surface area contributed by atoms with Gasteiger partial charge < -0.3 is 0 Å². The largest absolute Gasteiger partial charge is 0.0832 e. The predicted octanol–water partition coefficient (Wildman–Crippen LogP) is 2.85. The van der Waals surface area contributed by atoms with Crippen molar-refractivity contribution in [2.24, 2.45) is 0 Å². The molecule has 1 atom stereocenters. The van der Waals surface area contributed by atoms with Crippen LogP contribution in [0.5, 0.6) is 0 Å². The third-order valence-electron chi connectivity index (χ3n) is 2.10. The Morgan fingerprint density at radius 1 is 1.09 bits per heavy atom. The molecule has 1 aromatic rings. The summed E-state index contributed by atoms with van der Waals surface area (Å²) in [6.07, 6.45) is 6.53. The van der Waals surface area contributed by atoms with Crippen LogP contribution in [0.2, 0.25) is 0 Å². The van der Waals surface area contributed by atoms with Crippen molar-refractivity contribution in [1.29, 1.82) is 0 Å². The molecule has 0 bridgehead atoms. The summed E-state index contributed by atoms with van der Waals surface area (Å²) < 4.78 is 0. The summed E-state index contributed by atoms with van der Waals surface area (Å²) in [5.41, 5.74) is 2.73. The zero-order chi connectivity index (χ0) is 7.68. The number of benzene rings is 1. The fraction of sp³-hybridized carbons (Fsp3) is 0.182. The SMILES string of the molecule is Cc1ccc(C2[CH]C=C2)cc1. The van der Waals surface area contributed by atoms with Crippen molar-refractivity contribution < 1.29 is 0 Å². The van der Waals surface area contributed by atoms with Crippen LogP contribution in [0.3, 0.4) is 0 Å². The first-order valence-electron chi connectivity index (χ1n) is 3.94. The summed E-state index contributed by atoms with van der Waals surface area (Å²) in [5.74, 6) is 0.579. The van der Waals surface area contributed by atoms with Crippen LogP contribution in [0.15, 0.2) is 36.4 Å². The second-order valence-corrected chi connectivity index (χ2v) is 3.01. The molecule has 0 amide bonds. The first kappa shape index (κ1) is 6.66. The van der Waals surface area contributed by atoms with Crippen molar-refractivity contribution in [3.63, 3.8) is 0 Å². The molecule has 0 aromatic heterocycles. The molecule has 0 saturated carbocycles. The topological polar surface area (TPSA) is 0 Å². The Morgan fingerprint density at radius 3 is 2.18 bits per heavy atom. The Kier molecular flexibility index (Phi) is 1.54. The number of aryl methyl sites for hydroxylation is 1. The summed E-state index contributed by atoms with van der Waals surface area (Å²) in [4.78, 5) is 0. The lowest BCUT2D eigenvalue weighted by molar-refractivity contribution is 0.958. The molecule has 0 N–H and O–H groups in total. The van der Waals surface area contributed by atoms with Crippen LogP contribution in [-0.2, 0) is 0 Å². The summed E-state index contributed by atoms with van der Waals surface area (Å²) in [6, 6.07) is 8.71. The summed E-state index contributed by atoms with van der Waals surface area (Å²) in [7, 11) is 0. The fourth-order valence-corrected chi connectivity index (χ4v) is 1.23. The highest BCUT2D eigenvalue weighted by atomic mass is 14.2. The standard InChI is InChI=1S/C11H11/c1-9-5-7-11(8-6-9)10-3-2-4-10/h2-8,10H,1H3. The van der Waals surface area contributed by atoms with Gasteiger partial charge in [0.1, 0.15) is 0 Å². The first-order valence-corrected chi connectivity index (χ1v) is 3.94. The van der Waals surface area contributed by atoms with E-state index in [0.29, 0.717) is 5.92 Å². The van der Waals surface area contributed by atoms with Gasteiger partial charge in [-0.2, -0.15) is 0 Å². The fourth-order valence-electron chi connectivity index (χ4n) is 1.23. The van der Waals surface area contributed by atoms with Crippen molar-refractivity contribution in [1.82, 2.24) is 0 Å². The molecule has 0 saturated heterocycles. The van der Waals surface area contributed by atoms with Gasteiger partial charge in [-0.05, 0) is 18.9 Å². The van der Waals surface area contributed by atoms with Crippen LogP contribution < -0.4 is 0 Å². The third kappa shape index (κ3) is 1.21. The van der Waals surface area contributed by atoms with Gasteiger partial charge in [0.2, 0.25) is 0 Å². The highest BCUT2D eigenvalue weighted by Gasteiger charge is 2.11. The molecule has 1 radical (unpaired) electrons. The lowest BCUT2D eigenvalue weighted by Gasteiger charge is -2.17. The minimum atomic E-state index is 0.579. The van der Waals surface area contributed by atoms with E-state index in [1.807, 2.05) is 0 Å². The third-order valence-corrected chi connectivity index (χ3v) is 2.10. The maximum atomic E-state index is 2.21. The molecular weight excluding hydrogens is 132 g/mol. The van der Waals surface area contributed by atoms with E-state index in [1.54, 1.807) is 0 Å².